The van der Waals surface area contributed by atoms with Gasteiger partial charge in [-0.1, -0.05) is 12.1 Å². The van der Waals surface area contributed by atoms with Crippen LogP contribution in [0.3, 0.4) is 0 Å². The first kappa shape index (κ1) is 13.3. The van der Waals surface area contributed by atoms with E-state index in [-0.39, 0.29) is 0 Å². The monoisotopic (exact) mass is 279 g/mol. The zero-order valence-electron chi connectivity index (χ0n) is 11.7. The van der Waals surface area contributed by atoms with E-state index < -0.39 is 0 Å². The Balaban J connectivity index is 1.69. The number of hydrogen-bond acceptors (Lipinski definition) is 5. The number of piperazine rings is 1. The SMILES string of the molecule is N#Cc1cccc(N2CCN(c3cccc(N)c3)CC2)n1. The molecule has 1 aromatic heterocycles. The molecule has 0 amide bonds. The highest BCUT2D eigenvalue weighted by Gasteiger charge is 2.18. The second kappa shape index (κ2) is 5.71. The molecule has 21 heavy (non-hydrogen) atoms. The molecule has 2 N–H and O–H groups in total. The van der Waals surface area contributed by atoms with Gasteiger partial charge in [-0.25, -0.2) is 4.98 Å². The lowest BCUT2D eigenvalue weighted by Crippen LogP contribution is -2.46. The van der Waals surface area contributed by atoms with Crippen LogP contribution in [-0.2, 0) is 0 Å². The highest BCUT2D eigenvalue weighted by molar-refractivity contribution is 5.57. The van der Waals surface area contributed by atoms with Gasteiger partial charge in [0, 0.05) is 37.6 Å². The van der Waals surface area contributed by atoms with Gasteiger partial charge in [0.2, 0.25) is 0 Å². The summed E-state index contributed by atoms with van der Waals surface area (Å²) in [7, 11) is 0. The molecule has 0 aliphatic carbocycles. The maximum absolute atomic E-state index is 8.93. The van der Waals surface area contributed by atoms with E-state index in [1.54, 1.807) is 6.07 Å². The normalized spacial score (nSPS) is 14.8. The van der Waals surface area contributed by atoms with E-state index in [0.717, 1.165) is 43.4 Å². The van der Waals surface area contributed by atoms with Crippen LogP contribution in [0.1, 0.15) is 5.69 Å². The molecule has 2 heterocycles. The fraction of sp³-hybridized carbons (Fsp3) is 0.250. The first-order chi connectivity index (χ1) is 10.3. The molecule has 1 aliphatic heterocycles. The number of benzene rings is 1. The highest BCUT2D eigenvalue weighted by atomic mass is 15.3. The third-order valence-electron chi connectivity index (χ3n) is 3.69. The molecular formula is C16H17N5. The van der Waals surface area contributed by atoms with Crippen LogP contribution in [0, 0.1) is 11.3 Å². The van der Waals surface area contributed by atoms with Gasteiger partial charge in [-0.15, -0.1) is 0 Å². The zero-order valence-corrected chi connectivity index (χ0v) is 11.7. The molecule has 1 aliphatic rings. The Bertz CT molecular complexity index is 668. The van der Waals surface area contributed by atoms with Crippen molar-refractivity contribution in [3.8, 4) is 6.07 Å². The summed E-state index contributed by atoms with van der Waals surface area (Å²) in [6.07, 6.45) is 0. The summed E-state index contributed by atoms with van der Waals surface area (Å²) >= 11 is 0. The topological polar surface area (TPSA) is 69.2 Å². The van der Waals surface area contributed by atoms with Gasteiger partial charge < -0.3 is 15.5 Å². The highest BCUT2D eigenvalue weighted by Crippen LogP contribution is 2.21. The third-order valence-corrected chi connectivity index (χ3v) is 3.69. The number of pyridine rings is 1. The predicted octanol–water partition coefficient (Wildman–Crippen LogP) is 1.86. The molecule has 5 heteroatoms. The quantitative estimate of drug-likeness (QED) is 0.850. The first-order valence-electron chi connectivity index (χ1n) is 6.99. The van der Waals surface area contributed by atoms with Gasteiger partial charge in [0.15, 0.2) is 0 Å². The average molecular weight is 279 g/mol. The van der Waals surface area contributed by atoms with Crippen molar-refractivity contribution >= 4 is 17.2 Å². The fourth-order valence-electron chi connectivity index (χ4n) is 2.58. The zero-order chi connectivity index (χ0) is 14.7. The molecule has 0 bridgehead atoms. The van der Waals surface area contributed by atoms with Gasteiger partial charge in [0.25, 0.3) is 0 Å². The largest absolute Gasteiger partial charge is 0.399 e. The van der Waals surface area contributed by atoms with Gasteiger partial charge in [-0.2, -0.15) is 5.26 Å². The number of nitrogen functional groups attached to an aromatic ring is 1. The summed E-state index contributed by atoms with van der Waals surface area (Å²) in [5, 5.41) is 8.93. The van der Waals surface area contributed by atoms with Crippen LogP contribution >= 0.6 is 0 Å². The Morgan fingerprint density at radius 1 is 1.00 bits per heavy atom. The Morgan fingerprint density at radius 3 is 2.43 bits per heavy atom. The summed E-state index contributed by atoms with van der Waals surface area (Å²) in [6.45, 7) is 3.61. The minimum absolute atomic E-state index is 0.464. The van der Waals surface area contributed by atoms with E-state index in [9.17, 15) is 0 Å². The average Bonchev–Trinajstić information content (AvgIpc) is 2.55. The van der Waals surface area contributed by atoms with Crippen LogP contribution in [0.5, 0.6) is 0 Å². The number of rotatable bonds is 2. The minimum atomic E-state index is 0.464. The summed E-state index contributed by atoms with van der Waals surface area (Å²) in [5.74, 6) is 0.876. The molecule has 2 aromatic rings. The lowest BCUT2D eigenvalue weighted by molar-refractivity contribution is 0.647. The van der Waals surface area contributed by atoms with Crippen molar-refractivity contribution in [1.29, 1.82) is 5.26 Å². The lowest BCUT2D eigenvalue weighted by atomic mass is 10.2. The molecule has 0 radical (unpaired) electrons. The predicted molar refractivity (Wildman–Crippen MR) is 84.2 cm³/mol. The molecule has 1 fully saturated rings. The summed E-state index contributed by atoms with van der Waals surface area (Å²) in [5.41, 5.74) is 8.25. The number of nitriles is 1. The number of aromatic nitrogens is 1. The Labute approximate surface area is 124 Å². The maximum atomic E-state index is 8.93. The van der Waals surface area contributed by atoms with Crippen LogP contribution < -0.4 is 15.5 Å². The van der Waals surface area contributed by atoms with Gasteiger partial charge in [-0.05, 0) is 30.3 Å². The van der Waals surface area contributed by atoms with Crippen molar-refractivity contribution in [2.45, 2.75) is 0 Å². The summed E-state index contributed by atoms with van der Waals surface area (Å²) in [4.78, 5) is 8.89. The first-order valence-corrected chi connectivity index (χ1v) is 6.99. The van der Waals surface area contributed by atoms with E-state index in [4.69, 9.17) is 11.0 Å². The van der Waals surface area contributed by atoms with Crippen LogP contribution in [-0.4, -0.2) is 31.2 Å². The van der Waals surface area contributed by atoms with Gasteiger partial charge in [-0.3, -0.25) is 0 Å². The van der Waals surface area contributed by atoms with Crippen molar-refractivity contribution < 1.29 is 0 Å². The maximum Gasteiger partial charge on any atom is 0.142 e. The van der Waals surface area contributed by atoms with Crippen molar-refractivity contribution in [2.24, 2.45) is 0 Å². The second-order valence-corrected chi connectivity index (χ2v) is 5.06. The Hall–Kier alpha value is -2.74. The van der Waals surface area contributed by atoms with Gasteiger partial charge in [0.05, 0.1) is 0 Å². The Morgan fingerprint density at radius 2 is 1.71 bits per heavy atom. The molecule has 0 spiro atoms. The van der Waals surface area contributed by atoms with Crippen LogP contribution in [0.25, 0.3) is 0 Å². The lowest BCUT2D eigenvalue weighted by Gasteiger charge is -2.36. The van der Waals surface area contributed by atoms with Crippen molar-refractivity contribution in [3.63, 3.8) is 0 Å². The van der Waals surface area contributed by atoms with E-state index in [1.165, 1.54) is 0 Å². The van der Waals surface area contributed by atoms with E-state index in [1.807, 2.05) is 30.3 Å². The number of nitrogens with two attached hydrogens (primary N) is 1. The smallest absolute Gasteiger partial charge is 0.142 e. The molecule has 3 rings (SSSR count). The molecule has 5 nitrogen and oxygen atoms in total. The van der Waals surface area contributed by atoms with Crippen LogP contribution in [0.15, 0.2) is 42.5 Å². The van der Waals surface area contributed by atoms with Crippen LogP contribution in [0.4, 0.5) is 17.2 Å². The van der Waals surface area contributed by atoms with Crippen molar-refractivity contribution in [2.75, 3.05) is 41.7 Å². The molecule has 0 unspecified atom stereocenters. The van der Waals surface area contributed by atoms with Crippen molar-refractivity contribution in [3.05, 3.63) is 48.2 Å². The van der Waals surface area contributed by atoms with E-state index >= 15 is 0 Å². The molecule has 1 aromatic carbocycles. The van der Waals surface area contributed by atoms with Gasteiger partial charge in [0.1, 0.15) is 17.6 Å². The van der Waals surface area contributed by atoms with Crippen molar-refractivity contribution in [1.82, 2.24) is 4.98 Å². The molecular weight excluding hydrogens is 262 g/mol. The van der Waals surface area contributed by atoms with E-state index in [0.29, 0.717) is 5.69 Å². The minimum Gasteiger partial charge on any atom is -0.399 e. The number of anilines is 3. The number of nitrogens with zero attached hydrogens (tertiary/aromatic N) is 4. The fourth-order valence-corrected chi connectivity index (χ4v) is 2.58. The summed E-state index contributed by atoms with van der Waals surface area (Å²) in [6, 6.07) is 15.6. The second-order valence-electron chi connectivity index (χ2n) is 5.06. The Kier molecular flexibility index (Phi) is 3.61. The molecule has 1 saturated heterocycles. The van der Waals surface area contributed by atoms with Gasteiger partial charge >= 0.3 is 0 Å². The van der Waals surface area contributed by atoms with E-state index in [2.05, 4.69) is 26.9 Å². The molecule has 106 valence electrons. The molecule has 0 atom stereocenters. The van der Waals surface area contributed by atoms with Crippen LogP contribution in [0.2, 0.25) is 0 Å². The summed E-state index contributed by atoms with van der Waals surface area (Å²) < 4.78 is 0. The number of hydrogen-bond donors (Lipinski definition) is 1. The standard InChI is InChI=1S/C16H17N5/c17-12-14-4-2-6-16(19-14)21-9-7-20(8-10-21)15-5-1-3-13(18)11-15/h1-6,11H,7-10,18H2. The molecule has 0 saturated carbocycles. The third kappa shape index (κ3) is 2.90.